The molecule has 1 aliphatic rings. The summed E-state index contributed by atoms with van der Waals surface area (Å²) in [4.78, 5) is 12.8. The van der Waals surface area contributed by atoms with Crippen molar-refractivity contribution in [3.63, 3.8) is 0 Å². The van der Waals surface area contributed by atoms with E-state index in [1.165, 1.54) is 18.3 Å². The van der Waals surface area contributed by atoms with Crippen molar-refractivity contribution >= 4 is 27.3 Å². The van der Waals surface area contributed by atoms with Crippen molar-refractivity contribution in [2.75, 3.05) is 41.7 Å². The Morgan fingerprint density at radius 1 is 0.938 bits per heavy atom. The highest BCUT2D eigenvalue weighted by atomic mass is 32.2. The zero-order chi connectivity index (χ0) is 22.9. The van der Waals surface area contributed by atoms with E-state index in [9.17, 15) is 12.8 Å². The lowest BCUT2D eigenvalue weighted by Gasteiger charge is -2.36. The molecule has 1 fully saturated rings. The highest BCUT2D eigenvalue weighted by Gasteiger charge is 2.25. The van der Waals surface area contributed by atoms with Gasteiger partial charge < -0.3 is 15.5 Å². The molecule has 168 valence electrons. The molecule has 2 N–H and O–H groups in total. The van der Waals surface area contributed by atoms with Crippen LogP contribution in [0.4, 0.5) is 21.8 Å². The summed E-state index contributed by atoms with van der Waals surface area (Å²) in [5.41, 5.74) is 8.07. The molecule has 0 unspecified atom stereocenters. The fourth-order valence-corrected chi connectivity index (χ4v) is 4.97. The molecule has 1 aromatic heterocycles. The van der Waals surface area contributed by atoms with E-state index in [4.69, 9.17) is 5.73 Å². The number of benzene rings is 2. The van der Waals surface area contributed by atoms with Crippen LogP contribution in [0.25, 0.3) is 0 Å². The van der Waals surface area contributed by atoms with E-state index >= 15 is 0 Å². The smallest absolute Gasteiger partial charge is 0.227 e. The zero-order valence-electron chi connectivity index (χ0n) is 18.1. The van der Waals surface area contributed by atoms with Gasteiger partial charge in [0.05, 0.1) is 11.1 Å². The minimum atomic E-state index is -3.82. The first-order chi connectivity index (χ1) is 15.3. The standard InChI is InChI=1S/C23H26FN5O2S/c1-16(2)17-3-9-20(10-4-17)32(30,31)21-15-26-23(27-22(21)25)29-13-11-28(12-14-29)19-7-5-18(24)6-8-19/h3-10,15-16H,11-14H2,1-2H3,(H2,25,26,27). The van der Waals surface area contributed by atoms with Gasteiger partial charge in [0.1, 0.15) is 16.5 Å². The number of sulfone groups is 1. The second kappa shape index (κ2) is 8.74. The topological polar surface area (TPSA) is 92.4 Å². The van der Waals surface area contributed by atoms with Gasteiger partial charge in [-0.15, -0.1) is 0 Å². The van der Waals surface area contributed by atoms with E-state index in [2.05, 4.69) is 14.9 Å². The van der Waals surface area contributed by atoms with Crippen LogP contribution in [-0.2, 0) is 9.84 Å². The van der Waals surface area contributed by atoms with Crippen molar-refractivity contribution in [1.82, 2.24) is 9.97 Å². The molecule has 0 amide bonds. The van der Waals surface area contributed by atoms with Gasteiger partial charge in [-0.2, -0.15) is 4.98 Å². The van der Waals surface area contributed by atoms with Crippen molar-refractivity contribution < 1.29 is 12.8 Å². The third kappa shape index (κ3) is 4.38. The zero-order valence-corrected chi connectivity index (χ0v) is 18.9. The van der Waals surface area contributed by atoms with Gasteiger partial charge in [0, 0.05) is 31.9 Å². The van der Waals surface area contributed by atoms with Crippen molar-refractivity contribution in [2.24, 2.45) is 0 Å². The monoisotopic (exact) mass is 455 g/mol. The number of hydrogen-bond donors (Lipinski definition) is 1. The van der Waals surface area contributed by atoms with Crippen molar-refractivity contribution in [3.05, 3.63) is 66.1 Å². The lowest BCUT2D eigenvalue weighted by Crippen LogP contribution is -2.47. The van der Waals surface area contributed by atoms with Gasteiger partial charge in [0.25, 0.3) is 0 Å². The lowest BCUT2D eigenvalue weighted by molar-refractivity contribution is 0.595. The highest BCUT2D eigenvalue weighted by molar-refractivity contribution is 7.91. The van der Waals surface area contributed by atoms with Gasteiger partial charge in [-0.05, 0) is 47.9 Å². The molecule has 7 nitrogen and oxygen atoms in total. The SMILES string of the molecule is CC(C)c1ccc(S(=O)(=O)c2cnc(N3CCN(c4ccc(F)cc4)CC3)nc2N)cc1. The van der Waals surface area contributed by atoms with Crippen molar-refractivity contribution in [2.45, 2.75) is 29.6 Å². The number of halogens is 1. The van der Waals surface area contributed by atoms with Crippen LogP contribution >= 0.6 is 0 Å². The molecule has 0 saturated carbocycles. The number of nitrogens with zero attached hydrogens (tertiary/aromatic N) is 4. The van der Waals surface area contributed by atoms with Gasteiger partial charge in [-0.3, -0.25) is 0 Å². The summed E-state index contributed by atoms with van der Waals surface area (Å²) >= 11 is 0. The van der Waals surface area contributed by atoms with Crippen molar-refractivity contribution in [3.8, 4) is 0 Å². The summed E-state index contributed by atoms with van der Waals surface area (Å²) in [6, 6.07) is 13.2. The van der Waals surface area contributed by atoms with Crippen LogP contribution in [0.3, 0.4) is 0 Å². The number of nitrogen functional groups attached to an aromatic ring is 1. The maximum Gasteiger partial charge on any atom is 0.227 e. The van der Waals surface area contributed by atoms with E-state index in [0.29, 0.717) is 38.0 Å². The first-order valence-electron chi connectivity index (χ1n) is 10.5. The Hall–Kier alpha value is -3.20. The van der Waals surface area contributed by atoms with Gasteiger partial charge in [-0.1, -0.05) is 26.0 Å². The summed E-state index contributed by atoms with van der Waals surface area (Å²) in [5.74, 6) is 0.379. The third-order valence-electron chi connectivity index (χ3n) is 5.67. The predicted octanol–water partition coefficient (Wildman–Crippen LogP) is 3.48. The summed E-state index contributed by atoms with van der Waals surface area (Å²) in [7, 11) is -3.82. The number of piperazine rings is 1. The number of aromatic nitrogens is 2. The van der Waals surface area contributed by atoms with Crippen LogP contribution in [0.5, 0.6) is 0 Å². The number of rotatable bonds is 5. The molecule has 2 heterocycles. The van der Waals surface area contributed by atoms with E-state index in [1.54, 1.807) is 24.3 Å². The molecular weight excluding hydrogens is 429 g/mol. The van der Waals surface area contributed by atoms with Gasteiger partial charge in [-0.25, -0.2) is 17.8 Å². The summed E-state index contributed by atoms with van der Waals surface area (Å²) in [6.07, 6.45) is 1.29. The van der Waals surface area contributed by atoms with Crippen LogP contribution in [0.2, 0.25) is 0 Å². The molecule has 0 aliphatic carbocycles. The third-order valence-corrected chi connectivity index (χ3v) is 7.46. The molecule has 1 aliphatic heterocycles. The minimum absolute atomic E-state index is 0.0658. The number of anilines is 3. The maximum absolute atomic E-state index is 13.2. The van der Waals surface area contributed by atoms with Crippen LogP contribution in [-0.4, -0.2) is 44.6 Å². The van der Waals surface area contributed by atoms with E-state index < -0.39 is 9.84 Å². The van der Waals surface area contributed by atoms with Gasteiger partial charge >= 0.3 is 0 Å². The van der Waals surface area contributed by atoms with Gasteiger partial charge in [0.15, 0.2) is 0 Å². The fraction of sp³-hybridized carbons (Fsp3) is 0.304. The van der Waals surface area contributed by atoms with E-state index in [1.807, 2.05) is 30.9 Å². The summed E-state index contributed by atoms with van der Waals surface area (Å²) in [6.45, 7) is 6.79. The molecule has 3 aromatic rings. The summed E-state index contributed by atoms with van der Waals surface area (Å²) < 4.78 is 39.2. The normalized spacial score (nSPS) is 14.8. The molecule has 0 radical (unpaired) electrons. The largest absolute Gasteiger partial charge is 0.382 e. The van der Waals surface area contributed by atoms with E-state index in [0.717, 1.165) is 11.3 Å². The van der Waals surface area contributed by atoms with E-state index in [-0.39, 0.29) is 21.4 Å². The Morgan fingerprint density at radius 2 is 1.53 bits per heavy atom. The van der Waals surface area contributed by atoms with Crippen LogP contribution < -0.4 is 15.5 Å². The summed E-state index contributed by atoms with van der Waals surface area (Å²) in [5, 5.41) is 0. The molecule has 1 saturated heterocycles. The molecule has 32 heavy (non-hydrogen) atoms. The van der Waals surface area contributed by atoms with Crippen molar-refractivity contribution in [1.29, 1.82) is 0 Å². The van der Waals surface area contributed by atoms with Gasteiger partial charge in [0.2, 0.25) is 15.8 Å². The molecule has 9 heteroatoms. The predicted molar refractivity (Wildman–Crippen MR) is 123 cm³/mol. The van der Waals surface area contributed by atoms with Crippen LogP contribution in [0.1, 0.15) is 25.3 Å². The Labute approximate surface area is 187 Å². The number of nitrogens with two attached hydrogens (primary N) is 1. The quantitative estimate of drug-likeness (QED) is 0.630. The Kier molecular flexibility index (Phi) is 6.01. The number of hydrogen-bond acceptors (Lipinski definition) is 7. The minimum Gasteiger partial charge on any atom is -0.382 e. The Morgan fingerprint density at radius 3 is 2.09 bits per heavy atom. The average Bonchev–Trinajstić information content (AvgIpc) is 2.79. The Bertz CT molecular complexity index is 1190. The highest BCUT2D eigenvalue weighted by Crippen LogP contribution is 2.27. The first-order valence-corrected chi connectivity index (χ1v) is 12.0. The fourth-order valence-electron chi connectivity index (χ4n) is 3.71. The van der Waals surface area contributed by atoms with Crippen LogP contribution in [0, 0.1) is 5.82 Å². The Balaban J connectivity index is 1.49. The lowest BCUT2D eigenvalue weighted by atomic mass is 10.0. The molecular formula is C23H26FN5O2S. The molecule has 0 spiro atoms. The average molecular weight is 456 g/mol. The molecule has 2 aromatic carbocycles. The van der Waals surface area contributed by atoms with Crippen LogP contribution in [0.15, 0.2) is 64.5 Å². The maximum atomic E-state index is 13.2. The molecule has 0 bridgehead atoms. The second-order valence-electron chi connectivity index (χ2n) is 8.10. The first kappa shape index (κ1) is 22.0. The second-order valence-corrected chi connectivity index (χ2v) is 10.0. The molecule has 4 rings (SSSR count). The molecule has 0 atom stereocenters.